The molecule has 1 aromatic rings. The quantitative estimate of drug-likeness (QED) is 0.766. The molecule has 1 N–H and O–H groups in total. The van der Waals surface area contributed by atoms with Crippen LogP contribution in [0.2, 0.25) is 0 Å². The summed E-state index contributed by atoms with van der Waals surface area (Å²) < 4.78 is 14.7. The largest absolute Gasteiger partial charge is 0.512 e. The van der Waals surface area contributed by atoms with Crippen molar-refractivity contribution in [2.45, 2.75) is 59.3 Å². The van der Waals surface area contributed by atoms with Gasteiger partial charge in [0.2, 0.25) is 0 Å². The first kappa shape index (κ1) is 20.4. The van der Waals surface area contributed by atoms with Gasteiger partial charge in [0.25, 0.3) is 0 Å². The number of aliphatic hydroxyl groups is 1. The number of allylic oxidation sites excluding steroid dienone is 2. The third kappa shape index (κ3) is 3.80. The van der Waals surface area contributed by atoms with E-state index in [0.717, 1.165) is 0 Å². The van der Waals surface area contributed by atoms with E-state index in [4.69, 9.17) is 0 Å². The van der Waals surface area contributed by atoms with Gasteiger partial charge >= 0.3 is 0 Å². The Labute approximate surface area is 164 Å². The lowest BCUT2D eigenvalue weighted by Gasteiger charge is -2.39. The molecule has 0 aliphatic heterocycles. The second kappa shape index (κ2) is 6.94. The van der Waals surface area contributed by atoms with Crippen molar-refractivity contribution in [2.75, 3.05) is 0 Å². The maximum Gasteiger partial charge on any atom is 0.163 e. The van der Waals surface area contributed by atoms with E-state index in [9.17, 15) is 23.9 Å². The highest BCUT2D eigenvalue weighted by molar-refractivity contribution is 6.09. The van der Waals surface area contributed by atoms with Gasteiger partial charge in [-0.2, -0.15) is 0 Å². The number of carbonyl (C=O) groups excluding carboxylic acids is 3. The monoisotopic (exact) mass is 386 g/mol. The summed E-state index contributed by atoms with van der Waals surface area (Å²) in [4.78, 5) is 38.9. The van der Waals surface area contributed by atoms with Crippen LogP contribution in [0.4, 0.5) is 4.39 Å². The Bertz CT molecular complexity index is 858. The summed E-state index contributed by atoms with van der Waals surface area (Å²) in [6.45, 7) is 7.44. The first-order valence-electron chi connectivity index (χ1n) is 9.67. The van der Waals surface area contributed by atoms with Gasteiger partial charge < -0.3 is 5.11 Å². The molecule has 0 saturated heterocycles. The first-order chi connectivity index (χ1) is 12.9. The van der Waals surface area contributed by atoms with E-state index in [1.54, 1.807) is 6.07 Å². The Morgan fingerprint density at radius 2 is 1.46 bits per heavy atom. The molecule has 0 amide bonds. The normalized spacial score (nSPS) is 23.8. The number of hydrogen-bond donors (Lipinski definition) is 1. The third-order valence-corrected chi connectivity index (χ3v) is 5.78. The summed E-state index contributed by atoms with van der Waals surface area (Å²) in [5, 5.41) is 10.7. The van der Waals surface area contributed by atoms with Gasteiger partial charge in [-0.3, -0.25) is 14.4 Å². The lowest BCUT2D eigenvalue weighted by atomic mass is 9.62. The number of benzene rings is 1. The van der Waals surface area contributed by atoms with Gasteiger partial charge in [-0.05, 0) is 22.5 Å². The SMILES string of the molecule is CC1(C)CC(=O)C([C@@H](C2=C(O)CC(C)(C)CC2=O)c2ccccc2F)C(=O)C1. The van der Waals surface area contributed by atoms with E-state index >= 15 is 0 Å². The Morgan fingerprint density at radius 3 is 2.00 bits per heavy atom. The van der Waals surface area contributed by atoms with E-state index in [0.29, 0.717) is 0 Å². The minimum Gasteiger partial charge on any atom is -0.512 e. The molecule has 1 aromatic carbocycles. The zero-order chi connectivity index (χ0) is 20.9. The van der Waals surface area contributed by atoms with Crippen LogP contribution < -0.4 is 0 Å². The molecule has 0 spiro atoms. The van der Waals surface area contributed by atoms with Crippen LogP contribution in [0.15, 0.2) is 35.6 Å². The fourth-order valence-corrected chi connectivity index (χ4v) is 4.66. The van der Waals surface area contributed by atoms with Crippen molar-refractivity contribution in [3.63, 3.8) is 0 Å². The predicted molar refractivity (Wildman–Crippen MR) is 103 cm³/mol. The van der Waals surface area contributed by atoms with Crippen LogP contribution in [0.25, 0.3) is 0 Å². The predicted octanol–water partition coefficient (Wildman–Crippen LogP) is 4.68. The van der Waals surface area contributed by atoms with Crippen LogP contribution >= 0.6 is 0 Å². The molecule has 0 bridgehead atoms. The molecular weight excluding hydrogens is 359 g/mol. The molecule has 3 rings (SSSR count). The molecule has 0 aromatic heterocycles. The van der Waals surface area contributed by atoms with Crippen molar-refractivity contribution in [1.82, 2.24) is 0 Å². The average molecular weight is 386 g/mol. The molecule has 2 aliphatic carbocycles. The highest BCUT2D eigenvalue weighted by Crippen LogP contribution is 2.47. The van der Waals surface area contributed by atoms with E-state index < -0.39 is 28.5 Å². The van der Waals surface area contributed by atoms with Gasteiger partial charge in [0.1, 0.15) is 23.1 Å². The molecule has 28 heavy (non-hydrogen) atoms. The van der Waals surface area contributed by atoms with Gasteiger partial charge in [0.05, 0.1) is 5.92 Å². The summed E-state index contributed by atoms with van der Waals surface area (Å²) in [6.07, 6.45) is 0.793. The molecule has 1 saturated carbocycles. The molecule has 2 aliphatic rings. The highest BCUT2D eigenvalue weighted by atomic mass is 19.1. The van der Waals surface area contributed by atoms with Crippen LogP contribution in [0.3, 0.4) is 0 Å². The van der Waals surface area contributed by atoms with Crippen molar-refractivity contribution < 1.29 is 23.9 Å². The zero-order valence-corrected chi connectivity index (χ0v) is 16.8. The van der Waals surface area contributed by atoms with E-state index in [1.165, 1.54) is 18.2 Å². The van der Waals surface area contributed by atoms with Crippen LogP contribution in [0.5, 0.6) is 0 Å². The molecule has 0 unspecified atom stereocenters. The number of carbonyl (C=O) groups is 3. The summed E-state index contributed by atoms with van der Waals surface area (Å²) in [6, 6.07) is 5.87. The van der Waals surface area contributed by atoms with E-state index in [2.05, 4.69) is 0 Å². The lowest BCUT2D eigenvalue weighted by molar-refractivity contribution is -0.140. The molecule has 0 radical (unpaired) electrons. The van der Waals surface area contributed by atoms with Gasteiger partial charge in [-0.25, -0.2) is 4.39 Å². The summed E-state index contributed by atoms with van der Waals surface area (Å²) in [5.74, 6) is -3.88. The van der Waals surface area contributed by atoms with E-state index in [-0.39, 0.29) is 59.9 Å². The molecule has 1 fully saturated rings. The van der Waals surface area contributed by atoms with Gasteiger partial charge in [0.15, 0.2) is 5.78 Å². The molecule has 4 nitrogen and oxygen atoms in total. The van der Waals surface area contributed by atoms with Crippen molar-refractivity contribution in [1.29, 1.82) is 0 Å². The third-order valence-electron chi connectivity index (χ3n) is 5.78. The minimum absolute atomic E-state index is 0.0239. The zero-order valence-electron chi connectivity index (χ0n) is 16.8. The standard InChI is InChI=1S/C23H27FO4/c1-22(2)9-15(25)20(16(26)10-22)19(13-7-5-6-8-14(13)24)21-17(27)11-23(3,4)12-18(21)28/h5-8,19-20,27H,9-12H2,1-4H3/t19-/m0/s1. The summed E-state index contributed by atoms with van der Waals surface area (Å²) >= 11 is 0. The molecule has 1 atom stereocenters. The second-order valence-electron chi connectivity index (χ2n) is 9.73. The van der Waals surface area contributed by atoms with Crippen molar-refractivity contribution >= 4 is 17.3 Å². The second-order valence-corrected chi connectivity index (χ2v) is 9.73. The maximum atomic E-state index is 14.7. The fourth-order valence-electron chi connectivity index (χ4n) is 4.66. The number of hydrogen-bond acceptors (Lipinski definition) is 4. The Balaban J connectivity index is 2.18. The lowest BCUT2D eigenvalue weighted by Crippen LogP contribution is -2.43. The number of ketones is 3. The van der Waals surface area contributed by atoms with Crippen LogP contribution in [-0.2, 0) is 14.4 Å². The fraction of sp³-hybridized carbons (Fsp3) is 0.522. The number of rotatable bonds is 3. The topological polar surface area (TPSA) is 71.4 Å². The Hall–Kier alpha value is -2.30. The molecule has 150 valence electrons. The minimum atomic E-state index is -1.15. The number of Topliss-reactive ketones (excluding diaryl/α,β-unsaturated/α-hetero) is 3. The average Bonchev–Trinajstić information content (AvgIpc) is 2.50. The summed E-state index contributed by atoms with van der Waals surface area (Å²) in [5.41, 5.74) is -0.744. The number of aliphatic hydroxyl groups excluding tert-OH is 1. The van der Waals surface area contributed by atoms with Crippen LogP contribution in [-0.4, -0.2) is 22.5 Å². The Morgan fingerprint density at radius 1 is 0.929 bits per heavy atom. The van der Waals surface area contributed by atoms with Crippen molar-refractivity contribution in [3.05, 3.63) is 47.0 Å². The van der Waals surface area contributed by atoms with Gasteiger partial charge in [0, 0.05) is 37.2 Å². The van der Waals surface area contributed by atoms with E-state index in [1.807, 2.05) is 27.7 Å². The molecule has 0 heterocycles. The molecule has 5 heteroatoms. The molecular formula is C23H27FO4. The maximum absolute atomic E-state index is 14.7. The first-order valence-corrected chi connectivity index (χ1v) is 9.67. The number of halogens is 1. The summed E-state index contributed by atoms with van der Waals surface area (Å²) in [7, 11) is 0. The van der Waals surface area contributed by atoms with Crippen molar-refractivity contribution in [2.24, 2.45) is 16.7 Å². The highest BCUT2D eigenvalue weighted by Gasteiger charge is 2.49. The Kier molecular flexibility index (Phi) is 5.07. The van der Waals surface area contributed by atoms with Crippen LogP contribution in [0, 0.1) is 22.6 Å². The van der Waals surface area contributed by atoms with Crippen molar-refractivity contribution in [3.8, 4) is 0 Å². The smallest absolute Gasteiger partial charge is 0.163 e. The van der Waals surface area contributed by atoms with Gasteiger partial charge in [-0.15, -0.1) is 0 Å². The van der Waals surface area contributed by atoms with Crippen LogP contribution in [0.1, 0.15) is 64.9 Å². The van der Waals surface area contributed by atoms with Gasteiger partial charge in [-0.1, -0.05) is 45.9 Å².